The van der Waals surface area contributed by atoms with Gasteiger partial charge in [0.25, 0.3) is 0 Å². The molecule has 0 saturated carbocycles. The van der Waals surface area contributed by atoms with E-state index in [0.717, 1.165) is 47.0 Å². The van der Waals surface area contributed by atoms with Gasteiger partial charge in [-0.3, -0.25) is 4.98 Å². The number of hydrogen-bond donors (Lipinski definition) is 1. The molecule has 2 bridgehead atoms. The fraction of sp³-hybridized carbons (Fsp3) is 0.433. The van der Waals surface area contributed by atoms with Crippen molar-refractivity contribution in [1.82, 2.24) is 4.98 Å². The van der Waals surface area contributed by atoms with E-state index >= 15 is 0 Å². The molecule has 3 nitrogen and oxygen atoms in total. The van der Waals surface area contributed by atoms with E-state index in [-0.39, 0.29) is 11.5 Å². The molecule has 1 unspecified atom stereocenters. The highest BCUT2D eigenvalue weighted by atomic mass is 16.3. The highest BCUT2D eigenvalue weighted by molar-refractivity contribution is 5.82. The number of benzene rings is 2. The van der Waals surface area contributed by atoms with Crippen LogP contribution in [-0.2, 0) is 12.0 Å². The smallest absolute Gasteiger partial charge is 0.131 e. The van der Waals surface area contributed by atoms with Crippen LogP contribution in [0.4, 0.5) is 0 Å². The van der Waals surface area contributed by atoms with Gasteiger partial charge in [-0.05, 0) is 34.6 Å². The van der Waals surface area contributed by atoms with Crippen LogP contribution < -0.4 is 0 Å². The van der Waals surface area contributed by atoms with Gasteiger partial charge in [0.1, 0.15) is 18.7 Å². The van der Waals surface area contributed by atoms with Crippen LogP contribution in [0.25, 0.3) is 10.9 Å². The van der Waals surface area contributed by atoms with E-state index in [0.29, 0.717) is 11.8 Å². The van der Waals surface area contributed by atoms with Gasteiger partial charge in [0.15, 0.2) is 0 Å². The van der Waals surface area contributed by atoms with E-state index in [2.05, 4.69) is 68.7 Å². The topological polar surface area (TPSA) is 33.1 Å². The number of aromatic nitrogens is 1. The van der Waals surface area contributed by atoms with Crippen molar-refractivity contribution in [2.45, 2.75) is 57.7 Å². The minimum Gasteiger partial charge on any atom is -0.382 e. The highest BCUT2D eigenvalue weighted by Crippen LogP contribution is 2.48. The van der Waals surface area contributed by atoms with E-state index < -0.39 is 6.10 Å². The Kier molecular flexibility index (Phi) is 5.66. The summed E-state index contributed by atoms with van der Waals surface area (Å²) in [5.74, 6) is 1.16. The number of piperidine rings is 3. The molecule has 0 spiro atoms. The van der Waals surface area contributed by atoms with Crippen molar-refractivity contribution < 1.29 is 9.59 Å². The molecule has 3 aliphatic rings. The number of rotatable bonds is 5. The van der Waals surface area contributed by atoms with E-state index in [9.17, 15) is 5.11 Å². The van der Waals surface area contributed by atoms with Crippen LogP contribution in [0.3, 0.4) is 0 Å². The second-order valence-corrected chi connectivity index (χ2v) is 11.3. The van der Waals surface area contributed by atoms with Crippen molar-refractivity contribution in [2.75, 3.05) is 13.1 Å². The molecule has 1 N–H and O–H groups in total. The summed E-state index contributed by atoms with van der Waals surface area (Å²) in [6, 6.07) is 19.6. The Morgan fingerprint density at radius 2 is 1.88 bits per heavy atom. The van der Waals surface area contributed by atoms with Gasteiger partial charge in [0.05, 0.1) is 18.6 Å². The van der Waals surface area contributed by atoms with Gasteiger partial charge >= 0.3 is 0 Å². The van der Waals surface area contributed by atoms with Crippen molar-refractivity contribution in [2.24, 2.45) is 11.8 Å². The summed E-state index contributed by atoms with van der Waals surface area (Å²) >= 11 is 0. The Hall–Kier alpha value is -2.49. The molecular weight excluding hydrogens is 404 g/mol. The van der Waals surface area contributed by atoms with E-state index in [1.807, 2.05) is 30.5 Å². The maximum Gasteiger partial charge on any atom is 0.131 e. The highest BCUT2D eigenvalue weighted by Gasteiger charge is 2.54. The third kappa shape index (κ3) is 4.02. The second kappa shape index (κ2) is 8.38. The number of quaternary nitrogens is 1. The van der Waals surface area contributed by atoms with Crippen molar-refractivity contribution in [3.63, 3.8) is 0 Å². The molecule has 3 fully saturated rings. The fourth-order valence-corrected chi connectivity index (χ4v) is 6.44. The van der Waals surface area contributed by atoms with Gasteiger partial charge in [-0.15, -0.1) is 6.58 Å². The van der Waals surface area contributed by atoms with Crippen LogP contribution in [0, 0.1) is 11.8 Å². The average Bonchev–Trinajstić information content (AvgIpc) is 2.83. The zero-order chi connectivity index (χ0) is 23.2. The second-order valence-electron chi connectivity index (χ2n) is 11.3. The van der Waals surface area contributed by atoms with Crippen LogP contribution in [0.5, 0.6) is 0 Å². The van der Waals surface area contributed by atoms with Crippen molar-refractivity contribution >= 4 is 10.9 Å². The minimum absolute atomic E-state index is 0.156. The Balaban J connectivity index is 1.51. The summed E-state index contributed by atoms with van der Waals surface area (Å²) in [6.45, 7) is 14.1. The predicted octanol–water partition coefficient (Wildman–Crippen LogP) is 6.18. The number of nitrogens with zero attached hydrogens (tertiary/aromatic N) is 2. The van der Waals surface area contributed by atoms with Crippen molar-refractivity contribution in [3.8, 4) is 0 Å². The van der Waals surface area contributed by atoms with Gasteiger partial charge in [0, 0.05) is 35.9 Å². The lowest BCUT2D eigenvalue weighted by molar-refractivity contribution is -0.984. The van der Waals surface area contributed by atoms with Crippen molar-refractivity contribution in [3.05, 3.63) is 90.1 Å². The molecule has 5 atom stereocenters. The number of hydrogen-bond acceptors (Lipinski definition) is 2. The Morgan fingerprint density at radius 3 is 2.61 bits per heavy atom. The van der Waals surface area contributed by atoms with Crippen molar-refractivity contribution in [1.29, 1.82) is 0 Å². The largest absolute Gasteiger partial charge is 0.382 e. The summed E-state index contributed by atoms with van der Waals surface area (Å²) in [6.07, 6.45) is 5.79. The number of para-hydroxylation sites is 1. The summed E-state index contributed by atoms with van der Waals surface area (Å²) in [5, 5.41) is 12.9. The Labute approximate surface area is 198 Å². The SMILES string of the molecule is C=C[C@H]1C[N+]2(Cc3ccc(C(C)(C)C)cc3)CC[C@H]1C[C@@H]2[C@@H](O)c1ccnc2ccccc12. The van der Waals surface area contributed by atoms with Gasteiger partial charge in [-0.2, -0.15) is 0 Å². The minimum atomic E-state index is -0.500. The number of pyridine rings is 1. The normalized spacial score (nSPS) is 28.1. The van der Waals surface area contributed by atoms with Crippen LogP contribution >= 0.6 is 0 Å². The summed E-state index contributed by atoms with van der Waals surface area (Å²) in [4.78, 5) is 4.53. The van der Waals surface area contributed by atoms with Crippen LogP contribution in [0.2, 0.25) is 0 Å². The lowest BCUT2D eigenvalue weighted by Gasteiger charge is -2.58. The molecule has 172 valence electrons. The summed E-state index contributed by atoms with van der Waals surface area (Å²) in [5.41, 5.74) is 4.87. The number of fused-ring (bicyclic) bond motifs is 4. The quantitative estimate of drug-likeness (QED) is 0.379. The number of aliphatic hydroxyl groups is 1. The Bertz CT molecular complexity index is 1140. The Morgan fingerprint density at radius 1 is 1.12 bits per heavy atom. The van der Waals surface area contributed by atoms with Gasteiger partial charge < -0.3 is 9.59 Å². The third-order valence-corrected chi connectivity index (χ3v) is 8.36. The molecule has 3 aromatic rings. The number of aliphatic hydroxyl groups excluding tert-OH is 1. The molecule has 0 amide bonds. The van der Waals surface area contributed by atoms with Crippen LogP contribution in [0.15, 0.2) is 73.4 Å². The molecule has 6 rings (SSSR count). The van der Waals surface area contributed by atoms with Gasteiger partial charge in [0.2, 0.25) is 0 Å². The standard InChI is InChI=1S/C30H37N2O/c1-5-22-20-32(19-21-10-12-24(13-11-21)30(2,3)4)17-15-23(22)18-28(32)29(33)26-14-16-31-27-9-7-6-8-25(26)27/h5-14,16,22-23,28-29,33H,1,15,17-20H2,2-4H3/q+1/t22-,23-,28+,29-,32?/m0/s1. The molecule has 3 aliphatic heterocycles. The zero-order valence-electron chi connectivity index (χ0n) is 20.2. The molecule has 0 radical (unpaired) electrons. The molecular formula is C30H37N2O+. The molecule has 3 saturated heterocycles. The van der Waals surface area contributed by atoms with Gasteiger partial charge in [-0.1, -0.05) is 69.3 Å². The van der Waals surface area contributed by atoms with Crippen LogP contribution in [-0.4, -0.2) is 33.7 Å². The first-order valence-electron chi connectivity index (χ1n) is 12.4. The zero-order valence-corrected chi connectivity index (χ0v) is 20.2. The molecule has 4 heterocycles. The van der Waals surface area contributed by atoms with E-state index in [1.54, 1.807) is 0 Å². The summed E-state index contributed by atoms with van der Waals surface area (Å²) in [7, 11) is 0. The third-order valence-electron chi connectivity index (χ3n) is 8.36. The first kappa shape index (κ1) is 22.3. The molecule has 2 aromatic carbocycles. The first-order valence-corrected chi connectivity index (χ1v) is 12.4. The van der Waals surface area contributed by atoms with E-state index in [1.165, 1.54) is 17.5 Å². The molecule has 0 aliphatic carbocycles. The molecule has 3 heteroatoms. The molecule has 33 heavy (non-hydrogen) atoms. The fourth-order valence-electron chi connectivity index (χ4n) is 6.44. The van der Waals surface area contributed by atoms with E-state index in [4.69, 9.17) is 0 Å². The average molecular weight is 442 g/mol. The molecule has 1 aromatic heterocycles. The van der Waals surface area contributed by atoms with Crippen LogP contribution in [0.1, 0.15) is 56.4 Å². The monoisotopic (exact) mass is 441 g/mol. The van der Waals surface area contributed by atoms with Gasteiger partial charge in [-0.25, -0.2) is 0 Å². The maximum absolute atomic E-state index is 11.8. The lowest BCUT2D eigenvalue weighted by Crippen LogP contribution is -2.67. The predicted molar refractivity (Wildman–Crippen MR) is 136 cm³/mol. The maximum atomic E-state index is 11.8. The summed E-state index contributed by atoms with van der Waals surface area (Å²) < 4.78 is 0.944. The first-order chi connectivity index (χ1) is 15.8. The lowest BCUT2D eigenvalue weighted by atomic mass is 9.71.